The second-order valence-electron chi connectivity index (χ2n) is 8.58. The largest absolute Gasteiger partial charge is 0.468 e. The van der Waals surface area contributed by atoms with Crippen molar-refractivity contribution in [2.45, 2.75) is 63.7 Å². The maximum atomic E-state index is 12.7. The maximum Gasteiger partial charge on any atom is 0.323 e. The third-order valence-corrected chi connectivity index (χ3v) is 6.31. The smallest absolute Gasteiger partial charge is 0.323 e. The van der Waals surface area contributed by atoms with Gasteiger partial charge in [-0.2, -0.15) is 0 Å². The fourth-order valence-electron chi connectivity index (χ4n) is 4.65. The lowest BCUT2D eigenvalue weighted by Crippen LogP contribution is -2.49. The lowest BCUT2D eigenvalue weighted by Gasteiger charge is -2.36. The number of carbonyl (C=O) groups excluding carboxylic acids is 2. The van der Waals surface area contributed by atoms with Gasteiger partial charge in [-0.05, 0) is 39.7 Å². The molecule has 1 N–H and O–H groups in total. The minimum atomic E-state index is -0.167. The zero-order valence-electron chi connectivity index (χ0n) is 18.0. The topological polar surface area (TPSA) is 61.9 Å². The molecule has 0 aromatic heterocycles. The summed E-state index contributed by atoms with van der Waals surface area (Å²) >= 11 is 0. The van der Waals surface area contributed by atoms with Crippen LogP contribution in [0.5, 0.6) is 0 Å². The molecule has 3 atom stereocenters. The van der Waals surface area contributed by atoms with Crippen molar-refractivity contribution >= 4 is 11.8 Å². The molecule has 29 heavy (non-hydrogen) atoms. The Morgan fingerprint density at radius 1 is 1.21 bits per heavy atom. The third-order valence-electron chi connectivity index (χ3n) is 6.31. The van der Waals surface area contributed by atoms with Gasteiger partial charge in [-0.3, -0.25) is 19.4 Å². The van der Waals surface area contributed by atoms with Crippen LogP contribution in [0.1, 0.15) is 49.9 Å². The molecule has 0 spiro atoms. The fourth-order valence-corrected chi connectivity index (χ4v) is 4.65. The summed E-state index contributed by atoms with van der Waals surface area (Å²) in [6.07, 6.45) is 4.24. The molecule has 0 amide bonds. The van der Waals surface area contributed by atoms with Crippen LogP contribution in [0.4, 0.5) is 0 Å². The zero-order valence-corrected chi connectivity index (χ0v) is 18.0. The van der Waals surface area contributed by atoms with Gasteiger partial charge in [0.2, 0.25) is 0 Å². The van der Waals surface area contributed by atoms with E-state index in [1.54, 1.807) is 0 Å². The van der Waals surface area contributed by atoms with Crippen molar-refractivity contribution in [1.29, 1.82) is 0 Å². The molecule has 1 aromatic carbocycles. The number of hydrogen-bond acceptors (Lipinski definition) is 6. The molecule has 1 aromatic rings. The quantitative estimate of drug-likeness (QED) is 0.533. The van der Waals surface area contributed by atoms with Crippen LogP contribution in [0, 0.1) is 0 Å². The summed E-state index contributed by atoms with van der Waals surface area (Å²) in [6, 6.07) is 10.3. The van der Waals surface area contributed by atoms with Gasteiger partial charge in [0.1, 0.15) is 6.04 Å². The highest BCUT2D eigenvalue weighted by Crippen LogP contribution is 2.23. The number of nitrogens with zero attached hydrogens (tertiary/aromatic N) is 2. The zero-order chi connectivity index (χ0) is 20.8. The summed E-state index contributed by atoms with van der Waals surface area (Å²) < 4.78 is 5.01. The van der Waals surface area contributed by atoms with E-state index in [0.717, 1.165) is 44.5 Å². The molecule has 160 valence electrons. The Balaban J connectivity index is 1.55. The first-order chi connectivity index (χ1) is 14.0. The normalized spacial score (nSPS) is 26.0. The van der Waals surface area contributed by atoms with Crippen LogP contribution in [0.15, 0.2) is 30.3 Å². The molecule has 2 saturated heterocycles. The molecule has 2 aliphatic rings. The van der Waals surface area contributed by atoms with E-state index in [0.29, 0.717) is 18.6 Å². The van der Waals surface area contributed by atoms with E-state index in [9.17, 15) is 9.59 Å². The predicted octanol–water partition coefficient (Wildman–Crippen LogP) is 2.34. The SMILES string of the molecule is COC(=O)[C@H]1C[C@@H](NCC2CCCCN2CC(=O)c2ccccc2)CN1C(C)C. The summed E-state index contributed by atoms with van der Waals surface area (Å²) in [5.41, 5.74) is 0.786. The van der Waals surface area contributed by atoms with E-state index in [1.165, 1.54) is 13.5 Å². The number of nitrogens with one attached hydrogen (secondary N) is 1. The minimum Gasteiger partial charge on any atom is -0.468 e. The molecule has 6 heteroatoms. The van der Waals surface area contributed by atoms with Crippen molar-refractivity contribution in [1.82, 2.24) is 15.1 Å². The number of hydrogen-bond donors (Lipinski definition) is 1. The molecule has 6 nitrogen and oxygen atoms in total. The number of ether oxygens (including phenoxy) is 1. The average Bonchev–Trinajstić information content (AvgIpc) is 3.18. The second kappa shape index (κ2) is 10.3. The van der Waals surface area contributed by atoms with Gasteiger partial charge in [-0.25, -0.2) is 0 Å². The lowest BCUT2D eigenvalue weighted by atomic mass is 10.00. The predicted molar refractivity (Wildman–Crippen MR) is 114 cm³/mol. The number of piperidine rings is 1. The number of benzene rings is 1. The molecule has 0 aliphatic carbocycles. The molecule has 0 bridgehead atoms. The van der Waals surface area contributed by atoms with Gasteiger partial charge in [-0.1, -0.05) is 36.8 Å². The highest BCUT2D eigenvalue weighted by Gasteiger charge is 2.39. The first-order valence-corrected chi connectivity index (χ1v) is 10.9. The number of rotatable bonds is 8. The molecule has 2 heterocycles. The maximum absolute atomic E-state index is 12.7. The van der Waals surface area contributed by atoms with Crippen LogP contribution >= 0.6 is 0 Å². The molecule has 0 saturated carbocycles. The summed E-state index contributed by atoms with van der Waals surface area (Å²) in [5.74, 6) is 0.0471. The Labute approximate surface area is 174 Å². The van der Waals surface area contributed by atoms with Gasteiger partial charge >= 0.3 is 5.97 Å². The lowest BCUT2D eigenvalue weighted by molar-refractivity contribution is -0.146. The van der Waals surface area contributed by atoms with Crippen molar-refractivity contribution in [3.8, 4) is 0 Å². The molecule has 1 unspecified atom stereocenters. The molecule has 2 fully saturated rings. The number of methoxy groups -OCH3 is 1. The van der Waals surface area contributed by atoms with Crippen LogP contribution in [-0.2, 0) is 9.53 Å². The van der Waals surface area contributed by atoms with Crippen LogP contribution in [-0.4, -0.2) is 79.0 Å². The third kappa shape index (κ3) is 5.65. The van der Waals surface area contributed by atoms with Gasteiger partial charge in [-0.15, -0.1) is 0 Å². The highest BCUT2D eigenvalue weighted by atomic mass is 16.5. The number of carbonyl (C=O) groups is 2. The van der Waals surface area contributed by atoms with Crippen LogP contribution in [0.2, 0.25) is 0 Å². The number of likely N-dealkylation sites (tertiary alicyclic amines) is 2. The van der Waals surface area contributed by atoms with Crippen LogP contribution in [0.25, 0.3) is 0 Å². The fraction of sp³-hybridized carbons (Fsp3) is 0.652. The van der Waals surface area contributed by atoms with Crippen molar-refractivity contribution < 1.29 is 14.3 Å². The molecular weight excluding hydrogens is 366 g/mol. The first-order valence-electron chi connectivity index (χ1n) is 10.9. The summed E-state index contributed by atoms with van der Waals surface area (Å²) in [7, 11) is 1.46. The van der Waals surface area contributed by atoms with Gasteiger partial charge in [0, 0.05) is 36.8 Å². The standard InChI is InChI=1S/C23H35N3O3/c1-17(2)26-15-19(13-21(26)23(28)29-3)24-14-20-11-7-8-12-25(20)16-22(27)18-9-5-4-6-10-18/h4-6,9-10,17,19-21,24H,7-8,11-16H2,1-3H3/t19-,20?,21-/m1/s1. The van der Waals surface area contributed by atoms with E-state index in [-0.39, 0.29) is 23.8 Å². The summed E-state index contributed by atoms with van der Waals surface area (Å²) in [5, 5.41) is 3.69. The van der Waals surface area contributed by atoms with Crippen molar-refractivity contribution in [3.05, 3.63) is 35.9 Å². The Kier molecular flexibility index (Phi) is 7.81. The van der Waals surface area contributed by atoms with E-state index < -0.39 is 0 Å². The first kappa shape index (κ1) is 21.9. The summed E-state index contributed by atoms with van der Waals surface area (Å²) in [6.45, 7) is 7.40. The minimum absolute atomic E-state index is 0.143. The Morgan fingerprint density at radius 2 is 1.97 bits per heavy atom. The van der Waals surface area contributed by atoms with Gasteiger partial charge < -0.3 is 10.1 Å². The highest BCUT2D eigenvalue weighted by molar-refractivity contribution is 5.97. The van der Waals surface area contributed by atoms with Gasteiger partial charge in [0.05, 0.1) is 13.7 Å². The van der Waals surface area contributed by atoms with Crippen molar-refractivity contribution in [2.24, 2.45) is 0 Å². The number of Topliss-reactive ketones (excluding diaryl/α,β-unsaturated/α-hetero) is 1. The van der Waals surface area contributed by atoms with E-state index in [1.807, 2.05) is 30.3 Å². The van der Waals surface area contributed by atoms with Crippen LogP contribution in [0.3, 0.4) is 0 Å². The Hall–Kier alpha value is -1.76. The van der Waals surface area contributed by atoms with E-state index in [4.69, 9.17) is 4.74 Å². The van der Waals surface area contributed by atoms with Crippen molar-refractivity contribution in [3.63, 3.8) is 0 Å². The van der Waals surface area contributed by atoms with E-state index >= 15 is 0 Å². The Morgan fingerprint density at radius 3 is 2.66 bits per heavy atom. The second-order valence-corrected chi connectivity index (χ2v) is 8.58. The number of ketones is 1. The molecular formula is C23H35N3O3. The molecule has 2 aliphatic heterocycles. The Bertz CT molecular complexity index is 679. The molecule has 3 rings (SSSR count). The summed E-state index contributed by atoms with van der Waals surface area (Å²) in [4.78, 5) is 29.4. The van der Waals surface area contributed by atoms with Gasteiger partial charge in [0.25, 0.3) is 0 Å². The van der Waals surface area contributed by atoms with Crippen LogP contribution < -0.4 is 5.32 Å². The average molecular weight is 402 g/mol. The van der Waals surface area contributed by atoms with Gasteiger partial charge in [0.15, 0.2) is 5.78 Å². The molecule has 0 radical (unpaired) electrons. The number of esters is 1. The van der Waals surface area contributed by atoms with E-state index in [2.05, 4.69) is 29.0 Å². The van der Waals surface area contributed by atoms with Crippen molar-refractivity contribution in [2.75, 3.05) is 33.3 Å². The monoisotopic (exact) mass is 401 g/mol.